The molecule has 9 heteroatoms. The Labute approximate surface area is 165 Å². The van der Waals surface area contributed by atoms with Gasteiger partial charge in [-0.05, 0) is 24.6 Å². The third-order valence-corrected chi connectivity index (χ3v) is 4.35. The maximum absolute atomic E-state index is 12.5. The van der Waals surface area contributed by atoms with Crippen LogP contribution in [-0.2, 0) is 0 Å². The summed E-state index contributed by atoms with van der Waals surface area (Å²) in [4.78, 5) is 25.1. The monoisotopic (exact) mass is 385 g/mol. The van der Waals surface area contributed by atoms with Crippen molar-refractivity contribution in [3.63, 3.8) is 0 Å². The van der Waals surface area contributed by atoms with Gasteiger partial charge in [0, 0.05) is 17.8 Å². The minimum atomic E-state index is -0.508. The Kier molecular flexibility index (Phi) is 4.58. The number of pyridine rings is 1. The molecule has 0 saturated carbocycles. The van der Waals surface area contributed by atoms with E-state index in [1.165, 1.54) is 29.5 Å². The Hall–Kier alpha value is -4.32. The van der Waals surface area contributed by atoms with Gasteiger partial charge >= 0.3 is 0 Å². The predicted molar refractivity (Wildman–Crippen MR) is 105 cm³/mol. The highest BCUT2D eigenvalue weighted by atomic mass is 16.5. The SMILES string of the molecule is COc1cccc2c(C)cc(-n3ncc(C#N)c3NC(=O)c3cnccn3)nc12. The Morgan fingerprint density at radius 3 is 2.86 bits per heavy atom. The summed E-state index contributed by atoms with van der Waals surface area (Å²) < 4.78 is 6.83. The number of hydrogen-bond donors (Lipinski definition) is 1. The number of carbonyl (C=O) groups is 1. The first-order valence-electron chi connectivity index (χ1n) is 8.62. The number of hydrogen-bond acceptors (Lipinski definition) is 7. The number of nitrogens with one attached hydrogen (secondary N) is 1. The van der Waals surface area contributed by atoms with Crippen LogP contribution in [-0.4, -0.2) is 37.7 Å². The van der Waals surface area contributed by atoms with E-state index in [1.54, 1.807) is 7.11 Å². The van der Waals surface area contributed by atoms with E-state index < -0.39 is 5.91 Å². The van der Waals surface area contributed by atoms with Crippen molar-refractivity contribution in [2.45, 2.75) is 6.92 Å². The van der Waals surface area contributed by atoms with Gasteiger partial charge in [-0.25, -0.2) is 9.97 Å². The second-order valence-electron chi connectivity index (χ2n) is 6.13. The predicted octanol–water partition coefficient (Wildman–Crippen LogP) is 2.65. The topological polar surface area (TPSA) is 119 Å². The number of para-hydroxylation sites is 1. The summed E-state index contributed by atoms with van der Waals surface area (Å²) in [5, 5.41) is 17.3. The van der Waals surface area contributed by atoms with Crippen LogP contribution < -0.4 is 10.1 Å². The van der Waals surface area contributed by atoms with Crippen molar-refractivity contribution in [1.29, 1.82) is 5.26 Å². The Bertz CT molecular complexity index is 1260. The number of ether oxygens (including phenoxy) is 1. The van der Waals surface area contributed by atoms with Gasteiger partial charge in [-0.3, -0.25) is 9.78 Å². The van der Waals surface area contributed by atoms with Crippen LogP contribution in [0.5, 0.6) is 5.75 Å². The molecule has 1 amide bonds. The summed E-state index contributed by atoms with van der Waals surface area (Å²) >= 11 is 0. The first kappa shape index (κ1) is 18.1. The lowest BCUT2D eigenvalue weighted by molar-refractivity contribution is 0.102. The van der Waals surface area contributed by atoms with Crippen molar-refractivity contribution < 1.29 is 9.53 Å². The molecule has 4 rings (SSSR count). The molecular formula is C20H15N7O2. The third kappa shape index (κ3) is 3.23. The minimum Gasteiger partial charge on any atom is -0.494 e. The van der Waals surface area contributed by atoms with Crippen molar-refractivity contribution in [3.05, 3.63) is 65.9 Å². The maximum atomic E-state index is 12.5. The van der Waals surface area contributed by atoms with Gasteiger partial charge in [-0.15, -0.1) is 0 Å². The molecule has 1 aromatic carbocycles. The van der Waals surface area contributed by atoms with E-state index in [1.807, 2.05) is 37.3 Å². The van der Waals surface area contributed by atoms with Crippen molar-refractivity contribution in [2.75, 3.05) is 12.4 Å². The molecule has 0 aliphatic heterocycles. The summed E-state index contributed by atoms with van der Waals surface area (Å²) in [7, 11) is 1.58. The van der Waals surface area contributed by atoms with Crippen LogP contribution in [0.1, 0.15) is 21.6 Å². The van der Waals surface area contributed by atoms with Gasteiger partial charge in [-0.2, -0.15) is 15.0 Å². The Balaban J connectivity index is 1.83. The van der Waals surface area contributed by atoms with Gasteiger partial charge in [0.15, 0.2) is 11.6 Å². The molecule has 1 N–H and O–H groups in total. The van der Waals surface area contributed by atoms with Crippen LogP contribution in [0.2, 0.25) is 0 Å². The number of fused-ring (bicyclic) bond motifs is 1. The average Bonchev–Trinajstić information content (AvgIpc) is 3.16. The van der Waals surface area contributed by atoms with E-state index in [4.69, 9.17) is 4.74 Å². The fourth-order valence-corrected chi connectivity index (χ4v) is 2.96. The van der Waals surface area contributed by atoms with Crippen LogP contribution in [0.3, 0.4) is 0 Å². The van der Waals surface area contributed by atoms with Crippen molar-refractivity contribution in [1.82, 2.24) is 24.7 Å². The molecule has 142 valence electrons. The van der Waals surface area contributed by atoms with Crippen LogP contribution in [0.4, 0.5) is 5.82 Å². The highest BCUT2D eigenvalue weighted by molar-refractivity contribution is 6.03. The zero-order valence-electron chi connectivity index (χ0n) is 15.6. The lowest BCUT2D eigenvalue weighted by Crippen LogP contribution is -2.17. The number of rotatable bonds is 4. The molecule has 0 aliphatic rings. The minimum absolute atomic E-state index is 0.119. The Morgan fingerprint density at radius 1 is 1.28 bits per heavy atom. The molecule has 0 spiro atoms. The fourth-order valence-electron chi connectivity index (χ4n) is 2.96. The van der Waals surface area contributed by atoms with E-state index in [-0.39, 0.29) is 17.1 Å². The standard InChI is InChI=1S/C20H15N7O2/c1-12-8-17(25-18-14(12)4-3-5-16(18)29-2)27-19(13(9-21)10-24-27)26-20(28)15-11-22-6-7-23-15/h3-8,10-11H,1-2H3,(H,26,28). The molecule has 29 heavy (non-hydrogen) atoms. The van der Waals surface area contributed by atoms with Crippen LogP contribution in [0.15, 0.2) is 49.1 Å². The summed E-state index contributed by atoms with van der Waals surface area (Å²) in [6.45, 7) is 1.94. The van der Waals surface area contributed by atoms with E-state index >= 15 is 0 Å². The first-order chi connectivity index (χ1) is 14.1. The molecule has 0 bridgehead atoms. The summed E-state index contributed by atoms with van der Waals surface area (Å²) in [5.41, 5.74) is 1.92. The lowest BCUT2D eigenvalue weighted by atomic mass is 10.1. The van der Waals surface area contributed by atoms with Gasteiger partial charge < -0.3 is 10.1 Å². The van der Waals surface area contributed by atoms with E-state index in [2.05, 4.69) is 25.4 Å². The molecule has 3 aromatic heterocycles. The van der Waals surface area contributed by atoms with Gasteiger partial charge in [0.1, 0.15) is 28.6 Å². The molecule has 9 nitrogen and oxygen atoms in total. The van der Waals surface area contributed by atoms with Crippen molar-refractivity contribution >= 4 is 22.6 Å². The van der Waals surface area contributed by atoms with E-state index in [9.17, 15) is 10.1 Å². The summed E-state index contributed by atoms with van der Waals surface area (Å²) in [6.07, 6.45) is 5.59. The van der Waals surface area contributed by atoms with Crippen molar-refractivity contribution in [2.24, 2.45) is 0 Å². The maximum Gasteiger partial charge on any atom is 0.277 e. The fraction of sp³-hybridized carbons (Fsp3) is 0.100. The summed E-state index contributed by atoms with van der Waals surface area (Å²) in [5.74, 6) is 0.747. The van der Waals surface area contributed by atoms with Crippen molar-refractivity contribution in [3.8, 4) is 17.6 Å². The zero-order valence-corrected chi connectivity index (χ0v) is 15.6. The van der Waals surface area contributed by atoms with Crippen LogP contribution >= 0.6 is 0 Å². The van der Waals surface area contributed by atoms with E-state index in [0.29, 0.717) is 17.1 Å². The number of nitrogens with zero attached hydrogens (tertiary/aromatic N) is 6. The Morgan fingerprint density at radius 2 is 2.14 bits per heavy atom. The number of aromatic nitrogens is 5. The van der Waals surface area contributed by atoms with E-state index in [0.717, 1.165) is 10.9 Å². The molecule has 4 aromatic rings. The lowest BCUT2D eigenvalue weighted by Gasteiger charge is -2.12. The molecule has 0 unspecified atom stereocenters. The number of carbonyl (C=O) groups excluding carboxylic acids is 1. The van der Waals surface area contributed by atoms with Gasteiger partial charge in [0.2, 0.25) is 0 Å². The zero-order chi connectivity index (χ0) is 20.4. The second-order valence-corrected chi connectivity index (χ2v) is 6.13. The number of methoxy groups -OCH3 is 1. The molecule has 0 aliphatic carbocycles. The number of nitriles is 1. The van der Waals surface area contributed by atoms with Gasteiger partial charge in [0.25, 0.3) is 5.91 Å². The molecule has 3 heterocycles. The number of anilines is 1. The molecule has 0 fully saturated rings. The normalized spacial score (nSPS) is 10.5. The van der Waals surface area contributed by atoms with Gasteiger partial charge in [-0.1, -0.05) is 12.1 Å². The quantitative estimate of drug-likeness (QED) is 0.573. The third-order valence-electron chi connectivity index (χ3n) is 4.35. The first-order valence-corrected chi connectivity index (χ1v) is 8.62. The molecular weight excluding hydrogens is 370 g/mol. The summed E-state index contributed by atoms with van der Waals surface area (Å²) in [6, 6.07) is 9.52. The number of aryl methyl sites for hydroxylation is 1. The molecule has 0 saturated heterocycles. The second kappa shape index (κ2) is 7.36. The molecule has 0 atom stereocenters. The number of amides is 1. The average molecular weight is 385 g/mol. The largest absolute Gasteiger partial charge is 0.494 e. The number of benzene rings is 1. The van der Waals surface area contributed by atoms with Crippen LogP contribution in [0.25, 0.3) is 16.7 Å². The molecule has 0 radical (unpaired) electrons. The highest BCUT2D eigenvalue weighted by Crippen LogP contribution is 2.29. The smallest absolute Gasteiger partial charge is 0.277 e. The highest BCUT2D eigenvalue weighted by Gasteiger charge is 2.19. The van der Waals surface area contributed by atoms with Gasteiger partial charge in [0.05, 0.1) is 19.5 Å². The van der Waals surface area contributed by atoms with Crippen LogP contribution in [0, 0.1) is 18.3 Å².